The van der Waals surface area contributed by atoms with Crippen molar-refractivity contribution in [2.75, 3.05) is 0 Å². The summed E-state index contributed by atoms with van der Waals surface area (Å²) < 4.78 is 6.23. The van der Waals surface area contributed by atoms with Crippen LogP contribution in [0.25, 0.3) is 0 Å². The van der Waals surface area contributed by atoms with E-state index in [4.69, 9.17) is 4.74 Å². The van der Waals surface area contributed by atoms with Crippen LogP contribution in [-0.4, -0.2) is 23.3 Å². The number of carbonyl (C=O) groups is 1. The van der Waals surface area contributed by atoms with Crippen molar-refractivity contribution in [2.24, 2.45) is 45.8 Å². The average molecular weight is 535 g/mol. The van der Waals surface area contributed by atoms with Crippen LogP contribution in [0.5, 0.6) is 0 Å². The minimum Gasteiger partial charge on any atom is -0.458 e. The van der Waals surface area contributed by atoms with Gasteiger partial charge in [0.2, 0.25) is 0 Å². The molecule has 0 radical (unpaired) electrons. The third-order valence-electron chi connectivity index (χ3n) is 12.5. The molecule has 2 saturated carbocycles. The molecule has 39 heavy (non-hydrogen) atoms. The van der Waals surface area contributed by atoms with Gasteiger partial charge in [0.25, 0.3) is 0 Å². The molecule has 0 aromatic heterocycles. The van der Waals surface area contributed by atoms with Crippen LogP contribution in [0.3, 0.4) is 0 Å². The molecule has 1 aromatic carbocycles. The summed E-state index contributed by atoms with van der Waals surface area (Å²) in [4.78, 5) is 13.0. The molecule has 0 aliphatic heterocycles. The lowest BCUT2D eigenvalue weighted by Crippen LogP contribution is -2.54. The molecule has 4 aliphatic carbocycles. The number of rotatable bonds is 7. The fraction of sp³-hybridized carbons (Fsp3) is 0.750. The second-order valence-electron chi connectivity index (χ2n) is 15.3. The zero-order chi connectivity index (χ0) is 28.2. The van der Waals surface area contributed by atoms with Gasteiger partial charge in [-0.15, -0.1) is 0 Å². The molecule has 0 heterocycles. The number of esters is 1. The highest BCUT2D eigenvalue weighted by Gasteiger charge is 2.60. The Labute approximate surface area is 238 Å². The first-order chi connectivity index (χ1) is 18.4. The molecule has 3 heteroatoms. The largest absolute Gasteiger partial charge is 0.458 e. The Kier molecular flexibility index (Phi) is 7.90. The number of benzene rings is 1. The standard InChI is InChI=1S/C36H54O3/c1-23(2)13-17-30(37)24(3)27-15-16-28-26-14-18-31-34(4,5)32(39-33(38)25-11-9-8-10-12-25)20-22-36(31,7)29(26)19-21-35(27,28)6/h8-12,23-24,27-28,30-32,37H,13-22H2,1-7H3/t24-,27+,28+,30?,31-,32-,35+,36+/m0/s1. The zero-order valence-electron chi connectivity index (χ0n) is 25.8. The lowest BCUT2D eigenvalue weighted by atomic mass is 9.45. The average Bonchev–Trinajstić information content (AvgIpc) is 3.26. The Bertz CT molecular complexity index is 1070. The summed E-state index contributed by atoms with van der Waals surface area (Å²) >= 11 is 0. The van der Waals surface area contributed by atoms with Gasteiger partial charge >= 0.3 is 5.97 Å². The van der Waals surface area contributed by atoms with Crippen molar-refractivity contribution in [3.05, 3.63) is 47.0 Å². The summed E-state index contributed by atoms with van der Waals surface area (Å²) in [6.07, 6.45) is 11.3. The third-order valence-corrected chi connectivity index (χ3v) is 12.5. The number of aliphatic hydroxyl groups is 1. The van der Waals surface area contributed by atoms with E-state index >= 15 is 0 Å². The molecule has 0 spiro atoms. The number of hydrogen-bond donors (Lipinski definition) is 1. The minimum atomic E-state index is -0.178. The number of allylic oxidation sites excluding steroid dienone is 2. The van der Waals surface area contributed by atoms with Crippen molar-refractivity contribution >= 4 is 5.97 Å². The van der Waals surface area contributed by atoms with Crippen molar-refractivity contribution in [3.8, 4) is 0 Å². The quantitative estimate of drug-likeness (QED) is 0.280. The summed E-state index contributed by atoms with van der Waals surface area (Å²) in [5.41, 5.74) is 4.69. The lowest BCUT2D eigenvalue weighted by molar-refractivity contribution is -0.102. The Balaban J connectivity index is 1.34. The van der Waals surface area contributed by atoms with Gasteiger partial charge in [-0.05, 0) is 117 Å². The first-order valence-electron chi connectivity index (χ1n) is 16.1. The van der Waals surface area contributed by atoms with E-state index in [-0.39, 0.29) is 29.0 Å². The summed E-state index contributed by atoms with van der Waals surface area (Å²) in [6, 6.07) is 9.48. The lowest BCUT2D eigenvalue weighted by Gasteiger charge is -2.60. The van der Waals surface area contributed by atoms with E-state index in [9.17, 15) is 9.90 Å². The van der Waals surface area contributed by atoms with Gasteiger partial charge in [-0.2, -0.15) is 0 Å². The molecule has 3 nitrogen and oxygen atoms in total. The molecule has 0 bridgehead atoms. The summed E-state index contributed by atoms with van der Waals surface area (Å²) in [6.45, 7) is 16.7. The molecule has 0 amide bonds. The molecule has 0 saturated heterocycles. The molecular weight excluding hydrogens is 480 g/mol. The minimum absolute atomic E-state index is 0.0386. The van der Waals surface area contributed by atoms with Gasteiger partial charge in [0, 0.05) is 5.41 Å². The van der Waals surface area contributed by atoms with E-state index in [1.807, 2.05) is 30.3 Å². The van der Waals surface area contributed by atoms with E-state index < -0.39 is 0 Å². The van der Waals surface area contributed by atoms with E-state index in [1.54, 1.807) is 11.1 Å². The maximum Gasteiger partial charge on any atom is 0.338 e. The normalized spacial score (nSPS) is 37.1. The Hall–Kier alpha value is -1.61. The molecule has 1 aromatic rings. The van der Waals surface area contributed by atoms with E-state index in [2.05, 4.69) is 48.5 Å². The first kappa shape index (κ1) is 28.9. The third kappa shape index (κ3) is 4.93. The number of hydrogen-bond acceptors (Lipinski definition) is 3. The van der Waals surface area contributed by atoms with Crippen LogP contribution in [0, 0.1) is 45.8 Å². The molecule has 5 rings (SSSR count). The Morgan fingerprint density at radius 1 is 0.949 bits per heavy atom. The second-order valence-corrected chi connectivity index (χ2v) is 15.3. The summed E-state index contributed by atoms with van der Waals surface area (Å²) in [5.74, 6) is 2.68. The molecule has 1 N–H and O–H groups in total. The second kappa shape index (κ2) is 10.7. The van der Waals surface area contributed by atoms with Gasteiger partial charge in [0.05, 0.1) is 11.7 Å². The van der Waals surface area contributed by atoms with Crippen molar-refractivity contribution < 1.29 is 14.6 Å². The highest BCUT2D eigenvalue weighted by molar-refractivity contribution is 5.89. The fourth-order valence-electron chi connectivity index (χ4n) is 10.2. The highest BCUT2D eigenvalue weighted by Crippen LogP contribution is 2.68. The Morgan fingerprint density at radius 2 is 1.67 bits per heavy atom. The SMILES string of the molecule is CC(C)CCC(O)[C@@H](C)[C@H]1CC[C@@H]2C3=C(CC[C@@]21C)[C@@]1(C)CC[C@H](OC(=O)c2ccccc2)C(C)(C)[C@@H]1CC3. The van der Waals surface area contributed by atoms with Crippen LogP contribution < -0.4 is 0 Å². The maximum absolute atomic E-state index is 13.0. The molecule has 216 valence electrons. The number of ether oxygens (including phenoxy) is 1. The molecular formula is C36H54O3. The van der Waals surface area contributed by atoms with Crippen LogP contribution in [-0.2, 0) is 4.74 Å². The fourth-order valence-corrected chi connectivity index (χ4v) is 10.2. The van der Waals surface area contributed by atoms with E-state index in [1.165, 1.54) is 38.5 Å². The number of carbonyl (C=O) groups excluding carboxylic acids is 1. The number of fused-ring (bicyclic) bond motifs is 4. The molecule has 8 atom stereocenters. The van der Waals surface area contributed by atoms with Gasteiger partial charge in [0.1, 0.15) is 6.10 Å². The van der Waals surface area contributed by atoms with E-state index in [0.717, 1.165) is 25.7 Å². The molecule has 2 fully saturated rings. The smallest absolute Gasteiger partial charge is 0.338 e. The highest BCUT2D eigenvalue weighted by atomic mass is 16.5. The van der Waals surface area contributed by atoms with Crippen LogP contribution in [0.2, 0.25) is 0 Å². The van der Waals surface area contributed by atoms with Crippen LogP contribution in [0.15, 0.2) is 41.5 Å². The monoisotopic (exact) mass is 534 g/mol. The van der Waals surface area contributed by atoms with Gasteiger partial charge in [-0.3, -0.25) is 0 Å². The Morgan fingerprint density at radius 3 is 2.36 bits per heavy atom. The van der Waals surface area contributed by atoms with Gasteiger partial charge in [0.15, 0.2) is 0 Å². The predicted molar refractivity (Wildman–Crippen MR) is 159 cm³/mol. The van der Waals surface area contributed by atoms with Gasteiger partial charge in [-0.25, -0.2) is 4.79 Å². The van der Waals surface area contributed by atoms with Gasteiger partial charge in [-0.1, -0.05) is 77.8 Å². The molecule has 1 unspecified atom stereocenters. The summed E-state index contributed by atoms with van der Waals surface area (Å²) in [5, 5.41) is 11.1. The van der Waals surface area contributed by atoms with Gasteiger partial charge < -0.3 is 9.84 Å². The topological polar surface area (TPSA) is 46.5 Å². The van der Waals surface area contributed by atoms with Crippen molar-refractivity contribution in [1.29, 1.82) is 0 Å². The van der Waals surface area contributed by atoms with Crippen molar-refractivity contribution in [1.82, 2.24) is 0 Å². The molecule has 4 aliphatic rings. The van der Waals surface area contributed by atoms with Crippen LogP contribution >= 0.6 is 0 Å². The first-order valence-corrected chi connectivity index (χ1v) is 16.1. The predicted octanol–water partition coefficient (Wildman–Crippen LogP) is 9.00. The van der Waals surface area contributed by atoms with Crippen molar-refractivity contribution in [2.45, 2.75) is 125 Å². The van der Waals surface area contributed by atoms with Crippen LogP contribution in [0.4, 0.5) is 0 Å². The summed E-state index contributed by atoms with van der Waals surface area (Å²) in [7, 11) is 0. The maximum atomic E-state index is 13.0. The van der Waals surface area contributed by atoms with Crippen LogP contribution in [0.1, 0.15) is 123 Å². The van der Waals surface area contributed by atoms with Crippen molar-refractivity contribution in [3.63, 3.8) is 0 Å². The zero-order valence-corrected chi connectivity index (χ0v) is 25.8. The van der Waals surface area contributed by atoms with E-state index in [0.29, 0.717) is 40.6 Å². The number of aliphatic hydroxyl groups excluding tert-OH is 1.